The first-order valence-electron chi connectivity index (χ1n) is 2.74. The number of nitrogens with zero attached hydrogens (tertiary/aromatic N) is 1. The summed E-state index contributed by atoms with van der Waals surface area (Å²) in [6.07, 6.45) is -5.19. The number of hydrogen-bond donors (Lipinski definition) is 1. The second kappa shape index (κ2) is 2.69. The Kier molecular flexibility index (Phi) is 2.03. The van der Waals surface area contributed by atoms with E-state index in [1.165, 1.54) is 5.38 Å². The number of alkyl halides is 3. The molecule has 1 aromatic rings. The summed E-state index contributed by atoms with van der Waals surface area (Å²) in [6.45, 7) is 0. The number of aromatic nitrogens is 1. The van der Waals surface area contributed by atoms with Crippen LogP contribution < -0.4 is 5.73 Å². The van der Waals surface area contributed by atoms with Crippen LogP contribution in [0.2, 0.25) is 0 Å². The lowest BCUT2D eigenvalue weighted by atomic mass is 10.3. The first kappa shape index (κ1) is 8.32. The Labute approximate surface area is 64.9 Å². The van der Waals surface area contributed by atoms with E-state index in [0.29, 0.717) is 0 Å². The average Bonchev–Trinajstić information content (AvgIpc) is 2.10. The van der Waals surface area contributed by atoms with Gasteiger partial charge in [0.2, 0.25) is 0 Å². The van der Waals surface area contributed by atoms with Crippen molar-refractivity contribution < 1.29 is 13.2 Å². The highest BCUT2D eigenvalue weighted by atomic mass is 32.1. The van der Waals surface area contributed by atoms with E-state index in [0.717, 1.165) is 11.3 Å². The van der Waals surface area contributed by atoms with Gasteiger partial charge in [0.25, 0.3) is 0 Å². The Morgan fingerprint density at radius 1 is 1.55 bits per heavy atom. The fraction of sp³-hybridized carbons (Fsp3) is 0.400. The molecule has 1 aromatic heterocycles. The average molecular weight is 182 g/mol. The van der Waals surface area contributed by atoms with Crippen LogP contribution in [0.25, 0.3) is 0 Å². The summed E-state index contributed by atoms with van der Waals surface area (Å²) in [5, 5.41) is 1.48. The maximum absolute atomic E-state index is 11.7. The standard InChI is InChI=1S/C5H5F3N2S/c6-5(7,8)1-3-2-11-4(9)10-3/h2H,1H2,(H2,9,10). The van der Waals surface area contributed by atoms with Gasteiger partial charge in [-0.15, -0.1) is 11.3 Å². The van der Waals surface area contributed by atoms with Crippen LogP contribution in [-0.4, -0.2) is 11.2 Å². The molecule has 0 saturated carbocycles. The number of nitrogen functional groups attached to an aromatic ring is 1. The summed E-state index contributed by atoms with van der Waals surface area (Å²) < 4.78 is 35.0. The fourth-order valence-electron chi connectivity index (χ4n) is 0.609. The van der Waals surface area contributed by atoms with Gasteiger partial charge in [0.1, 0.15) is 0 Å². The molecule has 2 nitrogen and oxygen atoms in total. The molecule has 0 amide bonds. The zero-order valence-electron chi connectivity index (χ0n) is 5.35. The lowest BCUT2D eigenvalue weighted by Crippen LogP contribution is -2.11. The zero-order chi connectivity index (χ0) is 8.48. The summed E-state index contributed by atoms with van der Waals surface area (Å²) in [7, 11) is 0. The predicted molar refractivity (Wildman–Crippen MR) is 36.3 cm³/mol. The quantitative estimate of drug-likeness (QED) is 0.719. The van der Waals surface area contributed by atoms with E-state index in [9.17, 15) is 13.2 Å². The van der Waals surface area contributed by atoms with Crippen molar-refractivity contribution in [1.29, 1.82) is 0 Å². The molecule has 0 radical (unpaired) electrons. The molecular formula is C5H5F3N2S. The second-order valence-corrected chi connectivity index (χ2v) is 2.86. The third-order valence-corrected chi connectivity index (χ3v) is 1.67. The van der Waals surface area contributed by atoms with Crippen LogP contribution in [0.15, 0.2) is 5.38 Å². The molecule has 62 valence electrons. The minimum absolute atomic E-state index is 0.0139. The van der Waals surface area contributed by atoms with Gasteiger partial charge >= 0.3 is 6.18 Å². The Morgan fingerprint density at radius 3 is 2.55 bits per heavy atom. The summed E-state index contributed by atoms with van der Waals surface area (Å²) in [6, 6.07) is 0. The van der Waals surface area contributed by atoms with Crippen molar-refractivity contribution in [3.05, 3.63) is 11.1 Å². The molecule has 0 saturated heterocycles. The van der Waals surface area contributed by atoms with Crippen LogP contribution in [0.4, 0.5) is 18.3 Å². The maximum atomic E-state index is 11.7. The van der Waals surface area contributed by atoms with Gasteiger partial charge in [0, 0.05) is 5.38 Å². The number of hydrogen-bond acceptors (Lipinski definition) is 3. The Morgan fingerprint density at radius 2 is 2.18 bits per heavy atom. The fourth-order valence-corrected chi connectivity index (χ4v) is 1.17. The summed E-state index contributed by atoms with van der Waals surface area (Å²) in [5.74, 6) is 0. The lowest BCUT2D eigenvalue weighted by Gasteiger charge is -2.01. The predicted octanol–water partition coefficient (Wildman–Crippen LogP) is 1.83. The van der Waals surface area contributed by atoms with E-state index in [1.807, 2.05) is 0 Å². The highest BCUT2D eigenvalue weighted by molar-refractivity contribution is 7.13. The van der Waals surface area contributed by atoms with Crippen LogP contribution in [0.5, 0.6) is 0 Å². The van der Waals surface area contributed by atoms with Crippen LogP contribution in [0.1, 0.15) is 5.69 Å². The Hall–Kier alpha value is -0.780. The van der Waals surface area contributed by atoms with Crippen molar-refractivity contribution in [2.24, 2.45) is 0 Å². The zero-order valence-corrected chi connectivity index (χ0v) is 6.17. The third-order valence-electron chi connectivity index (χ3n) is 0.951. The number of halogens is 3. The van der Waals surface area contributed by atoms with Crippen molar-refractivity contribution in [2.75, 3.05) is 5.73 Å². The van der Waals surface area contributed by atoms with E-state index in [4.69, 9.17) is 5.73 Å². The van der Waals surface area contributed by atoms with Gasteiger partial charge < -0.3 is 5.73 Å². The van der Waals surface area contributed by atoms with Crippen molar-refractivity contribution in [1.82, 2.24) is 4.98 Å². The molecule has 0 aliphatic rings. The summed E-state index contributed by atoms with van der Waals surface area (Å²) in [4.78, 5) is 3.47. The molecule has 0 aliphatic carbocycles. The van der Waals surface area contributed by atoms with Gasteiger partial charge in [0.15, 0.2) is 5.13 Å². The summed E-state index contributed by atoms with van der Waals surface area (Å²) >= 11 is 1.01. The van der Waals surface area contributed by atoms with Crippen molar-refractivity contribution in [3.8, 4) is 0 Å². The van der Waals surface area contributed by atoms with E-state index in [2.05, 4.69) is 4.98 Å². The molecule has 6 heteroatoms. The normalized spacial score (nSPS) is 11.9. The molecular weight excluding hydrogens is 177 g/mol. The van der Waals surface area contributed by atoms with E-state index in [-0.39, 0.29) is 10.8 Å². The largest absolute Gasteiger partial charge is 0.394 e. The van der Waals surface area contributed by atoms with Gasteiger partial charge in [0.05, 0.1) is 12.1 Å². The Balaban J connectivity index is 2.65. The molecule has 0 unspecified atom stereocenters. The molecule has 0 aromatic carbocycles. The SMILES string of the molecule is Nc1nc(CC(F)(F)F)cs1. The molecule has 1 rings (SSSR count). The van der Waals surface area contributed by atoms with Crippen molar-refractivity contribution in [2.45, 2.75) is 12.6 Å². The van der Waals surface area contributed by atoms with Gasteiger partial charge in [-0.1, -0.05) is 0 Å². The number of thiazole rings is 1. The molecule has 0 fully saturated rings. The van der Waals surface area contributed by atoms with Crippen LogP contribution >= 0.6 is 11.3 Å². The van der Waals surface area contributed by atoms with Crippen LogP contribution in [-0.2, 0) is 6.42 Å². The van der Waals surface area contributed by atoms with Gasteiger partial charge in [-0.2, -0.15) is 13.2 Å². The van der Waals surface area contributed by atoms with Crippen molar-refractivity contribution >= 4 is 16.5 Å². The second-order valence-electron chi connectivity index (χ2n) is 1.97. The lowest BCUT2D eigenvalue weighted by molar-refractivity contribution is -0.127. The molecule has 1 heterocycles. The smallest absolute Gasteiger partial charge is 0.375 e. The van der Waals surface area contributed by atoms with E-state index < -0.39 is 12.6 Å². The first-order valence-corrected chi connectivity index (χ1v) is 3.62. The van der Waals surface area contributed by atoms with E-state index in [1.54, 1.807) is 0 Å². The summed E-state index contributed by atoms with van der Waals surface area (Å²) in [5.41, 5.74) is 5.12. The molecule has 11 heavy (non-hydrogen) atoms. The molecule has 0 bridgehead atoms. The monoisotopic (exact) mass is 182 g/mol. The minimum atomic E-state index is -4.19. The van der Waals surface area contributed by atoms with Gasteiger partial charge in [-0.3, -0.25) is 0 Å². The topological polar surface area (TPSA) is 38.9 Å². The van der Waals surface area contributed by atoms with Gasteiger partial charge in [-0.25, -0.2) is 4.98 Å². The van der Waals surface area contributed by atoms with Crippen molar-refractivity contribution in [3.63, 3.8) is 0 Å². The number of nitrogens with two attached hydrogens (primary N) is 1. The molecule has 2 N–H and O–H groups in total. The van der Waals surface area contributed by atoms with Crippen LogP contribution in [0, 0.1) is 0 Å². The highest BCUT2D eigenvalue weighted by Gasteiger charge is 2.28. The maximum Gasteiger partial charge on any atom is 0.394 e. The minimum Gasteiger partial charge on any atom is -0.375 e. The number of anilines is 1. The molecule has 0 atom stereocenters. The first-order chi connectivity index (χ1) is 4.97. The van der Waals surface area contributed by atoms with Crippen LogP contribution in [0.3, 0.4) is 0 Å². The Bertz CT molecular complexity index is 242. The van der Waals surface area contributed by atoms with E-state index >= 15 is 0 Å². The highest BCUT2D eigenvalue weighted by Crippen LogP contribution is 2.22. The molecule has 0 aliphatic heterocycles. The third kappa shape index (κ3) is 2.75. The van der Waals surface area contributed by atoms with Gasteiger partial charge in [-0.05, 0) is 0 Å². The number of rotatable bonds is 1. The molecule has 0 spiro atoms.